The minimum atomic E-state index is -5.77. The van der Waals surface area contributed by atoms with Gasteiger partial charge in [-0.05, 0) is 53.2 Å². The van der Waals surface area contributed by atoms with Crippen LogP contribution >= 0.6 is 0 Å². The fraction of sp³-hybridized carbons (Fsp3) is 0.667. The Bertz CT molecular complexity index is 950. The van der Waals surface area contributed by atoms with Crippen molar-refractivity contribution < 1.29 is 50.1 Å². The van der Waals surface area contributed by atoms with Crippen LogP contribution in [0.2, 0.25) is 0 Å². The second kappa shape index (κ2) is 11.0. The van der Waals surface area contributed by atoms with Crippen molar-refractivity contribution in [2.75, 3.05) is 26.2 Å². The molecule has 0 spiro atoms. The van der Waals surface area contributed by atoms with Crippen molar-refractivity contribution >= 4 is 12.1 Å². The van der Waals surface area contributed by atoms with E-state index in [9.17, 15) is 35.9 Å². The first-order chi connectivity index (χ1) is 16.7. The molecule has 1 heterocycles. The lowest BCUT2D eigenvalue weighted by Crippen LogP contribution is -2.52. The third-order valence-electron chi connectivity index (χ3n) is 5.32. The van der Waals surface area contributed by atoms with Crippen LogP contribution in [0, 0.1) is 6.92 Å². The Morgan fingerprint density at radius 1 is 0.919 bits per heavy atom. The number of hydrogen-bond acceptors (Lipinski definition) is 6. The van der Waals surface area contributed by atoms with Crippen molar-refractivity contribution in [3.05, 3.63) is 29.3 Å². The van der Waals surface area contributed by atoms with Crippen LogP contribution in [0.5, 0.6) is 5.75 Å². The average Bonchev–Trinajstić information content (AvgIpc) is 2.71. The third-order valence-corrected chi connectivity index (χ3v) is 5.32. The highest BCUT2D eigenvalue weighted by Crippen LogP contribution is 2.36. The monoisotopic (exact) mass is 542 g/mol. The summed E-state index contributed by atoms with van der Waals surface area (Å²) >= 11 is 0. The average molecular weight is 543 g/mol. The molecule has 0 atom stereocenters. The highest BCUT2D eigenvalue weighted by molar-refractivity contribution is 5.79. The van der Waals surface area contributed by atoms with E-state index in [2.05, 4.69) is 4.74 Å². The van der Waals surface area contributed by atoms with E-state index in [0.717, 1.165) is 10.5 Å². The number of aryl methyl sites for hydroxylation is 1. The van der Waals surface area contributed by atoms with E-state index in [0.29, 0.717) is 17.9 Å². The van der Waals surface area contributed by atoms with E-state index in [4.69, 9.17) is 9.47 Å². The fourth-order valence-electron chi connectivity index (χ4n) is 3.43. The molecule has 0 radical (unpaired) electrons. The number of ether oxygens (including phenoxy) is 3. The van der Waals surface area contributed by atoms with E-state index in [1.807, 2.05) is 17.9 Å². The number of halogens is 6. The molecule has 13 heteroatoms. The van der Waals surface area contributed by atoms with Crippen molar-refractivity contribution in [2.45, 2.75) is 77.7 Å². The summed E-state index contributed by atoms with van der Waals surface area (Å²) in [6.45, 7) is 10.6. The summed E-state index contributed by atoms with van der Waals surface area (Å²) in [7, 11) is 0. The second-order valence-electron chi connectivity index (χ2n) is 10.3. The van der Waals surface area contributed by atoms with Crippen molar-refractivity contribution in [1.29, 1.82) is 0 Å². The molecular formula is C24H32F6N2O5. The summed E-state index contributed by atoms with van der Waals surface area (Å²) in [5, 5.41) is 0. The highest BCUT2D eigenvalue weighted by Gasteiger charge is 2.60. The number of nitrogens with zero attached hydrogens (tertiary/aromatic N) is 2. The number of piperazine rings is 1. The van der Waals surface area contributed by atoms with Gasteiger partial charge in [0, 0.05) is 38.3 Å². The molecule has 0 aromatic heterocycles. The van der Waals surface area contributed by atoms with E-state index >= 15 is 0 Å². The van der Waals surface area contributed by atoms with Crippen molar-refractivity contribution in [3.63, 3.8) is 0 Å². The Morgan fingerprint density at radius 2 is 1.46 bits per heavy atom. The van der Waals surface area contributed by atoms with Gasteiger partial charge in [-0.15, -0.1) is 0 Å². The molecule has 2 rings (SSSR count). The van der Waals surface area contributed by atoms with Crippen LogP contribution in [-0.4, -0.2) is 77.7 Å². The first-order valence-electron chi connectivity index (χ1n) is 11.5. The molecular weight excluding hydrogens is 510 g/mol. The quantitative estimate of drug-likeness (QED) is 0.362. The standard InChI is InChI=1S/C24H32F6N2O5/c1-15-7-8-16(17(13-15)36-22(5,6)19(33)37-21(2,3)4)14-31-9-11-32(12-10-31)20(34)35-18(23(25,26)27)24(28,29)30/h7-8,13,18H,9-12,14H2,1-6H3. The molecule has 0 unspecified atom stereocenters. The largest absolute Gasteiger partial charge is 0.476 e. The Kier molecular flexibility index (Phi) is 9.04. The smallest absolute Gasteiger partial charge is 0.434 e. The van der Waals surface area contributed by atoms with Crippen LogP contribution < -0.4 is 4.74 Å². The van der Waals surface area contributed by atoms with Crippen molar-refractivity contribution in [1.82, 2.24) is 9.80 Å². The summed E-state index contributed by atoms with van der Waals surface area (Å²) in [6, 6.07) is 5.39. The first-order valence-corrected chi connectivity index (χ1v) is 11.5. The van der Waals surface area contributed by atoms with Gasteiger partial charge in [0.2, 0.25) is 0 Å². The zero-order chi connectivity index (χ0) is 28.4. The second-order valence-corrected chi connectivity index (χ2v) is 10.3. The zero-order valence-corrected chi connectivity index (χ0v) is 21.5. The summed E-state index contributed by atoms with van der Waals surface area (Å²) in [5.74, 6) is -0.133. The van der Waals surface area contributed by atoms with Gasteiger partial charge in [0.1, 0.15) is 11.4 Å². The van der Waals surface area contributed by atoms with Gasteiger partial charge < -0.3 is 19.1 Å². The number of alkyl halides is 6. The molecule has 210 valence electrons. The number of carbonyl (C=O) groups is 2. The van der Waals surface area contributed by atoms with Gasteiger partial charge in [0.15, 0.2) is 5.60 Å². The molecule has 0 aliphatic carbocycles. The minimum Gasteiger partial charge on any atom is -0.476 e. The summed E-state index contributed by atoms with van der Waals surface area (Å²) in [4.78, 5) is 27.3. The Morgan fingerprint density at radius 3 is 1.95 bits per heavy atom. The third kappa shape index (κ3) is 8.97. The fourth-order valence-corrected chi connectivity index (χ4v) is 3.43. The molecule has 1 fully saturated rings. The van der Waals surface area contributed by atoms with E-state index in [1.54, 1.807) is 46.8 Å². The number of esters is 1. The van der Waals surface area contributed by atoms with Crippen LogP contribution in [0.3, 0.4) is 0 Å². The van der Waals surface area contributed by atoms with Gasteiger partial charge in [0.25, 0.3) is 6.10 Å². The Labute approximate surface area is 211 Å². The summed E-state index contributed by atoms with van der Waals surface area (Å²) in [5.41, 5.74) is -0.456. The molecule has 7 nitrogen and oxygen atoms in total. The molecule has 1 amide bonds. The van der Waals surface area contributed by atoms with E-state index < -0.39 is 41.7 Å². The van der Waals surface area contributed by atoms with Gasteiger partial charge in [-0.25, -0.2) is 9.59 Å². The molecule has 0 N–H and O–H groups in total. The lowest BCUT2D eigenvalue weighted by atomic mass is 10.1. The Balaban J connectivity index is 2.05. The Hall–Kier alpha value is -2.70. The number of hydrogen-bond donors (Lipinski definition) is 0. The molecule has 1 saturated heterocycles. The van der Waals surface area contributed by atoms with Gasteiger partial charge in [-0.2, -0.15) is 26.3 Å². The van der Waals surface area contributed by atoms with Crippen LogP contribution in [0.4, 0.5) is 31.1 Å². The molecule has 1 aliphatic rings. The summed E-state index contributed by atoms with van der Waals surface area (Å²) < 4.78 is 91.4. The molecule has 1 aliphatic heterocycles. The van der Waals surface area contributed by atoms with Gasteiger partial charge >= 0.3 is 24.4 Å². The maximum Gasteiger partial charge on any atom is 0.434 e. The van der Waals surface area contributed by atoms with Crippen LogP contribution in [0.25, 0.3) is 0 Å². The lowest BCUT2D eigenvalue weighted by molar-refractivity contribution is -0.308. The maximum absolute atomic E-state index is 12.7. The first kappa shape index (κ1) is 30.5. The topological polar surface area (TPSA) is 68.3 Å². The molecule has 0 bridgehead atoms. The molecule has 37 heavy (non-hydrogen) atoms. The zero-order valence-electron chi connectivity index (χ0n) is 21.5. The predicted octanol–water partition coefficient (Wildman–Crippen LogP) is 5.24. The number of carbonyl (C=O) groups excluding carboxylic acids is 2. The van der Waals surface area contributed by atoms with Crippen LogP contribution in [-0.2, 0) is 20.8 Å². The SMILES string of the molecule is Cc1ccc(CN2CCN(C(=O)OC(C(F)(F)F)C(F)(F)F)CC2)c(OC(C)(C)C(=O)OC(C)(C)C)c1. The van der Waals surface area contributed by atoms with Crippen molar-refractivity contribution in [3.8, 4) is 5.75 Å². The molecule has 1 aromatic carbocycles. The van der Waals surface area contributed by atoms with Gasteiger partial charge in [-0.1, -0.05) is 12.1 Å². The van der Waals surface area contributed by atoms with Gasteiger partial charge in [0.05, 0.1) is 0 Å². The summed E-state index contributed by atoms with van der Waals surface area (Å²) in [6.07, 6.45) is -17.4. The van der Waals surface area contributed by atoms with Crippen LogP contribution in [0.15, 0.2) is 18.2 Å². The lowest BCUT2D eigenvalue weighted by Gasteiger charge is -2.36. The maximum atomic E-state index is 12.7. The molecule has 1 aromatic rings. The van der Waals surface area contributed by atoms with Crippen LogP contribution in [0.1, 0.15) is 45.7 Å². The van der Waals surface area contributed by atoms with Gasteiger partial charge in [-0.3, -0.25) is 4.90 Å². The number of benzene rings is 1. The van der Waals surface area contributed by atoms with E-state index in [-0.39, 0.29) is 26.2 Å². The predicted molar refractivity (Wildman–Crippen MR) is 121 cm³/mol. The minimum absolute atomic E-state index is 0.132. The highest BCUT2D eigenvalue weighted by atomic mass is 19.4. The normalized spacial score (nSPS) is 16.1. The number of rotatable bonds is 6. The number of amides is 1. The molecule has 0 saturated carbocycles. The van der Waals surface area contributed by atoms with Crippen molar-refractivity contribution in [2.24, 2.45) is 0 Å². The van der Waals surface area contributed by atoms with E-state index in [1.165, 1.54) is 0 Å².